The lowest BCUT2D eigenvalue weighted by atomic mass is 10.0. The first kappa shape index (κ1) is 26.0. The van der Waals surface area contributed by atoms with Gasteiger partial charge in [0.1, 0.15) is 6.54 Å². The summed E-state index contributed by atoms with van der Waals surface area (Å²) in [6, 6.07) is 16.9. The summed E-state index contributed by atoms with van der Waals surface area (Å²) >= 11 is 0.807. The van der Waals surface area contributed by atoms with Crippen molar-refractivity contribution < 1.29 is 23.9 Å². The number of allylic oxidation sites excluding steroid dienone is 1. The zero-order valence-electron chi connectivity index (χ0n) is 20.8. The van der Waals surface area contributed by atoms with E-state index in [9.17, 15) is 14.4 Å². The monoisotopic (exact) mass is 516 g/mol. The average Bonchev–Trinajstić information content (AvgIpc) is 3.14. The first-order valence-corrected chi connectivity index (χ1v) is 12.8. The summed E-state index contributed by atoms with van der Waals surface area (Å²) in [5.41, 5.74) is 2.18. The minimum atomic E-state index is -0.514. The van der Waals surface area contributed by atoms with Crippen LogP contribution in [-0.4, -0.2) is 41.7 Å². The number of ether oxygens (including phenoxy) is 2. The molecule has 0 saturated carbocycles. The Morgan fingerprint density at radius 2 is 1.81 bits per heavy atom. The lowest BCUT2D eigenvalue weighted by molar-refractivity contribution is -0.127. The van der Waals surface area contributed by atoms with E-state index < -0.39 is 17.1 Å². The fourth-order valence-electron chi connectivity index (χ4n) is 4.10. The van der Waals surface area contributed by atoms with Crippen molar-refractivity contribution in [2.24, 2.45) is 0 Å². The Morgan fingerprint density at radius 3 is 2.57 bits per heavy atom. The SMILES string of the molecule is C=CCc1cc(/C=C2/SC(=O)N(CC(=O)Nc3cccc4ccccc34)C2=O)cc(OCC)c1OCC. The maximum Gasteiger partial charge on any atom is 0.294 e. The largest absolute Gasteiger partial charge is 0.490 e. The zero-order valence-corrected chi connectivity index (χ0v) is 21.6. The molecule has 3 aromatic rings. The number of anilines is 1. The van der Waals surface area contributed by atoms with Crippen molar-refractivity contribution in [1.82, 2.24) is 4.90 Å². The van der Waals surface area contributed by atoms with Gasteiger partial charge >= 0.3 is 0 Å². The predicted molar refractivity (Wildman–Crippen MR) is 148 cm³/mol. The molecule has 1 heterocycles. The number of nitrogens with zero attached hydrogens (tertiary/aromatic N) is 1. The third kappa shape index (κ3) is 5.86. The van der Waals surface area contributed by atoms with Crippen LogP contribution in [0.5, 0.6) is 11.5 Å². The summed E-state index contributed by atoms with van der Waals surface area (Å²) in [7, 11) is 0. The van der Waals surface area contributed by atoms with Gasteiger partial charge in [-0.1, -0.05) is 42.5 Å². The van der Waals surface area contributed by atoms with Gasteiger partial charge in [-0.15, -0.1) is 6.58 Å². The molecule has 0 aliphatic carbocycles. The third-order valence-electron chi connectivity index (χ3n) is 5.64. The highest BCUT2D eigenvalue weighted by atomic mass is 32.2. The number of benzene rings is 3. The molecule has 0 aromatic heterocycles. The number of fused-ring (bicyclic) bond motifs is 1. The summed E-state index contributed by atoms with van der Waals surface area (Å²) in [5.74, 6) is 0.233. The lowest BCUT2D eigenvalue weighted by Crippen LogP contribution is -2.36. The highest BCUT2D eigenvalue weighted by Gasteiger charge is 2.36. The molecular formula is C29H28N2O5S. The second-order valence-electron chi connectivity index (χ2n) is 8.21. The molecular weight excluding hydrogens is 488 g/mol. The van der Waals surface area contributed by atoms with Crippen LogP contribution < -0.4 is 14.8 Å². The van der Waals surface area contributed by atoms with Crippen LogP contribution in [0.15, 0.2) is 72.2 Å². The number of hydrogen-bond acceptors (Lipinski definition) is 6. The average molecular weight is 517 g/mol. The first-order valence-electron chi connectivity index (χ1n) is 12.0. The van der Waals surface area contributed by atoms with Crippen molar-refractivity contribution in [2.75, 3.05) is 25.1 Å². The second-order valence-corrected chi connectivity index (χ2v) is 9.20. The van der Waals surface area contributed by atoms with E-state index in [4.69, 9.17) is 9.47 Å². The highest BCUT2D eigenvalue weighted by Crippen LogP contribution is 2.37. The van der Waals surface area contributed by atoms with Crippen molar-refractivity contribution in [3.8, 4) is 11.5 Å². The Bertz CT molecular complexity index is 1390. The van der Waals surface area contributed by atoms with E-state index >= 15 is 0 Å². The predicted octanol–water partition coefficient (Wildman–Crippen LogP) is 6.04. The van der Waals surface area contributed by atoms with Crippen LogP contribution in [0, 0.1) is 0 Å². The van der Waals surface area contributed by atoms with Crippen molar-refractivity contribution in [3.63, 3.8) is 0 Å². The van der Waals surface area contributed by atoms with E-state index in [1.807, 2.05) is 56.3 Å². The van der Waals surface area contributed by atoms with Crippen LogP contribution in [-0.2, 0) is 16.0 Å². The molecule has 1 N–H and O–H groups in total. The van der Waals surface area contributed by atoms with Gasteiger partial charge in [-0.25, -0.2) is 0 Å². The minimum absolute atomic E-state index is 0.235. The Kier molecular flexibility index (Phi) is 8.30. The fourth-order valence-corrected chi connectivity index (χ4v) is 4.94. The molecule has 7 nitrogen and oxygen atoms in total. The third-order valence-corrected chi connectivity index (χ3v) is 6.55. The molecule has 4 rings (SSSR count). The van der Waals surface area contributed by atoms with Gasteiger partial charge < -0.3 is 14.8 Å². The number of thioether (sulfide) groups is 1. The van der Waals surface area contributed by atoms with Crippen LogP contribution >= 0.6 is 11.8 Å². The molecule has 1 aliphatic heterocycles. The summed E-state index contributed by atoms with van der Waals surface area (Å²) < 4.78 is 11.6. The second kappa shape index (κ2) is 11.8. The zero-order chi connectivity index (χ0) is 26.4. The van der Waals surface area contributed by atoms with Crippen LogP contribution in [0.3, 0.4) is 0 Å². The molecule has 8 heteroatoms. The number of amides is 3. The molecule has 37 heavy (non-hydrogen) atoms. The lowest BCUT2D eigenvalue weighted by Gasteiger charge is -2.16. The normalized spacial score (nSPS) is 14.3. The van der Waals surface area contributed by atoms with Gasteiger partial charge in [-0.3, -0.25) is 19.3 Å². The summed E-state index contributed by atoms with van der Waals surface area (Å²) in [5, 5.41) is 4.19. The topological polar surface area (TPSA) is 84.9 Å². The number of carbonyl (C=O) groups is 3. The van der Waals surface area contributed by atoms with Gasteiger partial charge in [-0.2, -0.15) is 0 Å². The van der Waals surface area contributed by atoms with E-state index in [0.717, 1.165) is 33.0 Å². The van der Waals surface area contributed by atoms with Gasteiger partial charge in [0.15, 0.2) is 11.5 Å². The maximum atomic E-state index is 13.1. The quantitative estimate of drug-likeness (QED) is 0.261. The maximum absolute atomic E-state index is 13.1. The van der Waals surface area contributed by atoms with E-state index in [1.54, 1.807) is 24.3 Å². The number of imide groups is 1. The smallest absolute Gasteiger partial charge is 0.294 e. The molecule has 0 atom stereocenters. The molecule has 1 aliphatic rings. The van der Waals surface area contributed by atoms with Crippen molar-refractivity contribution in [3.05, 3.63) is 83.3 Å². The summed E-state index contributed by atoms with van der Waals surface area (Å²) in [6.45, 7) is 8.13. The summed E-state index contributed by atoms with van der Waals surface area (Å²) in [6.07, 6.45) is 3.95. The Labute approximate surface area is 220 Å². The fraction of sp³-hybridized carbons (Fsp3) is 0.207. The number of rotatable bonds is 10. The molecule has 0 bridgehead atoms. The summed E-state index contributed by atoms with van der Waals surface area (Å²) in [4.78, 5) is 39.7. The van der Waals surface area contributed by atoms with E-state index in [2.05, 4.69) is 11.9 Å². The minimum Gasteiger partial charge on any atom is -0.490 e. The molecule has 0 radical (unpaired) electrons. The van der Waals surface area contributed by atoms with Crippen LogP contribution in [0.4, 0.5) is 10.5 Å². The van der Waals surface area contributed by atoms with Gasteiger partial charge in [-0.05, 0) is 67.3 Å². The number of nitrogens with one attached hydrogen (secondary N) is 1. The molecule has 3 aromatic carbocycles. The van der Waals surface area contributed by atoms with E-state index in [1.165, 1.54) is 0 Å². The van der Waals surface area contributed by atoms with E-state index in [-0.39, 0.29) is 11.4 Å². The van der Waals surface area contributed by atoms with Crippen LogP contribution in [0.25, 0.3) is 16.8 Å². The molecule has 190 valence electrons. The number of hydrogen-bond donors (Lipinski definition) is 1. The standard InChI is InChI=1S/C29H28N2O5S/c1-4-10-21-15-19(16-24(35-5-2)27(21)36-6-3)17-25-28(33)31(29(34)37-25)18-26(32)30-23-14-9-12-20-11-7-8-13-22(20)23/h4,7-9,11-17H,1,5-6,10,18H2,2-3H3,(H,30,32)/b25-17+. The van der Waals surface area contributed by atoms with Gasteiger partial charge in [0.2, 0.25) is 5.91 Å². The molecule has 3 amide bonds. The molecule has 0 unspecified atom stereocenters. The van der Waals surface area contributed by atoms with Crippen LogP contribution in [0.1, 0.15) is 25.0 Å². The van der Waals surface area contributed by atoms with Crippen molar-refractivity contribution in [2.45, 2.75) is 20.3 Å². The first-order chi connectivity index (χ1) is 17.9. The molecule has 1 fully saturated rings. The Balaban J connectivity index is 1.55. The van der Waals surface area contributed by atoms with Crippen molar-refractivity contribution >= 4 is 51.4 Å². The molecule has 0 spiro atoms. The van der Waals surface area contributed by atoms with Crippen LogP contribution in [0.2, 0.25) is 0 Å². The van der Waals surface area contributed by atoms with Crippen molar-refractivity contribution in [1.29, 1.82) is 0 Å². The van der Waals surface area contributed by atoms with Gasteiger partial charge in [0.05, 0.1) is 18.1 Å². The number of carbonyl (C=O) groups excluding carboxylic acids is 3. The Hall–Kier alpha value is -4.04. The van der Waals surface area contributed by atoms with Gasteiger partial charge in [0, 0.05) is 16.6 Å². The highest BCUT2D eigenvalue weighted by molar-refractivity contribution is 8.18. The van der Waals surface area contributed by atoms with E-state index in [0.29, 0.717) is 42.4 Å². The Morgan fingerprint density at radius 1 is 1.05 bits per heavy atom. The molecule has 1 saturated heterocycles. The van der Waals surface area contributed by atoms with Gasteiger partial charge in [0.25, 0.3) is 11.1 Å².